The van der Waals surface area contributed by atoms with E-state index in [1.807, 2.05) is 18.2 Å². The number of benzene rings is 1. The molecule has 0 atom stereocenters. The lowest BCUT2D eigenvalue weighted by atomic mass is 10.2. The first-order chi connectivity index (χ1) is 8.63. The quantitative estimate of drug-likeness (QED) is 0.815. The zero-order valence-corrected chi connectivity index (χ0v) is 11.9. The van der Waals surface area contributed by atoms with Crippen LogP contribution in [0.4, 0.5) is 5.69 Å². The van der Waals surface area contributed by atoms with Gasteiger partial charge in [-0.2, -0.15) is 0 Å². The topological polar surface area (TPSA) is 38.5 Å². The molecule has 2 rings (SSSR count). The van der Waals surface area contributed by atoms with Crippen LogP contribution in [-0.2, 0) is 4.74 Å². The Labute approximate surface area is 118 Å². The summed E-state index contributed by atoms with van der Waals surface area (Å²) in [5.74, 6) is 0. The Balaban J connectivity index is 2.21. The molecule has 0 saturated heterocycles. The van der Waals surface area contributed by atoms with E-state index >= 15 is 0 Å². The third-order valence-electron chi connectivity index (χ3n) is 3.07. The monoisotopic (exact) mass is 284 g/mol. The van der Waals surface area contributed by atoms with E-state index in [0.717, 1.165) is 17.8 Å². The van der Waals surface area contributed by atoms with Crippen molar-refractivity contribution in [1.82, 2.24) is 0 Å². The van der Waals surface area contributed by atoms with E-state index in [9.17, 15) is 0 Å². The molecule has 0 radical (unpaired) electrons. The van der Waals surface area contributed by atoms with Crippen molar-refractivity contribution in [3.05, 3.63) is 28.8 Å². The average molecular weight is 285 g/mol. The number of ether oxygens (including phenoxy) is 1. The average Bonchev–Trinajstić information content (AvgIpc) is 3.15. The van der Waals surface area contributed by atoms with Gasteiger partial charge in [-0.05, 0) is 31.0 Å². The van der Waals surface area contributed by atoms with Crippen LogP contribution in [0.25, 0.3) is 0 Å². The van der Waals surface area contributed by atoms with Crippen LogP contribution in [0.15, 0.2) is 18.2 Å². The van der Waals surface area contributed by atoms with Crippen LogP contribution in [-0.4, -0.2) is 31.3 Å². The number of halogens is 1. The minimum atomic E-state index is 0.373. The second-order valence-corrected chi connectivity index (χ2v) is 5.29. The molecule has 98 valence electrons. The summed E-state index contributed by atoms with van der Waals surface area (Å²) < 4.78 is 5.15. The van der Waals surface area contributed by atoms with E-state index in [1.54, 1.807) is 7.11 Å². The summed E-state index contributed by atoms with van der Waals surface area (Å²) in [6, 6.07) is 6.34. The summed E-state index contributed by atoms with van der Waals surface area (Å²) in [5.41, 5.74) is 7.45. The molecule has 0 spiro atoms. The smallest absolute Gasteiger partial charge is 0.104 e. The van der Waals surface area contributed by atoms with Gasteiger partial charge in [0.05, 0.1) is 17.3 Å². The highest BCUT2D eigenvalue weighted by molar-refractivity contribution is 7.80. The maximum atomic E-state index is 6.32. The van der Waals surface area contributed by atoms with Gasteiger partial charge in [-0.1, -0.05) is 23.8 Å². The first kappa shape index (κ1) is 13.6. The fourth-order valence-corrected chi connectivity index (χ4v) is 2.38. The molecular formula is C13H17ClN2OS. The van der Waals surface area contributed by atoms with Crippen molar-refractivity contribution in [2.45, 2.75) is 18.9 Å². The van der Waals surface area contributed by atoms with Crippen LogP contribution in [0.2, 0.25) is 5.02 Å². The van der Waals surface area contributed by atoms with Crippen molar-refractivity contribution < 1.29 is 4.74 Å². The van der Waals surface area contributed by atoms with Crippen molar-refractivity contribution in [2.75, 3.05) is 25.2 Å². The van der Waals surface area contributed by atoms with Crippen LogP contribution in [0.5, 0.6) is 0 Å². The Bertz CT molecular complexity index is 449. The Kier molecular flexibility index (Phi) is 4.43. The van der Waals surface area contributed by atoms with E-state index in [0.29, 0.717) is 22.7 Å². The van der Waals surface area contributed by atoms with Crippen LogP contribution < -0.4 is 10.6 Å². The summed E-state index contributed by atoms with van der Waals surface area (Å²) in [4.78, 5) is 2.67. The normalized spacial score (nSPS) is 14.6. The number of hydrogen-bond acceptors (Lipinski definition) is 3. The number of anilines is 1. The molecule has 0 bridgehead atoms. The molecule has 0 amide bonds. The SMILES string of the molecule is COCCN(c1ccc(C(N)=S)cc1Cl)C1CC1. The van der Waals surface area contributed by atoms with Crippen LogP contribution in [0.1, 0.15) is 18.4 Å². The molecule has 18 heavy (non-hydrogen) atoms. The molecule has 1 aliphatic carbocycles. The first-order valence-electron chi connectivity index (χ1n) is 5.98. The second-order valence-electron chi connectivity index (χ2n) is 4.45. The maximum absolute atomic E-state index is 6.32. The first-order valence-corrected chi connectivity index (χ1v) is 6.77. The molecule has 1 saturated carbocycles. The summed E-state index contributed by atoms with van der Waals surface area (Å²) in [6.45, 7) is 1.55. The van der Waals surface area contributed by atoms with Gasteiger partial charge in [0.15, 0.2) is 0 Å². The number of rotatable bonds is 6. The highest BCUT2D eigenvalue weighted by Gasteiger charge is 2.30. The predicted molar refractivity (Wildman–Crippen MR) is 79.6 cm³/mol. The van der Waals surface area contributed by atoms with E-state index in [1.165, 1.54) is 12.8 Å². The lowest BCUT2D eigenvalue weighted by molar-refractivity contribution is 0.205. The third kappa shape index (κ3) is 3.13. The molecule has 2 N–H and O–H groups in total. The van der Waals surface area contributed by atoms with Gasteiger partial charge in [0.2, 0.25) is 0 Å². The van der Waals surface area contributed by atoms with Crippen LogP contribution in [0.3, 0.4) is 0 Å². The molecular weight excluding hydrogens is 268 g/mol. The third-order valence-corrected chi connectivity index (χ3v) is 3.60. The molecule has 1 fully saturated rings. The van der Waals surface area contributed by atoms with Crippen molar-refractivity contribution in [1.29, 1.82) is 0 Å². The number of methoxy groups -OCH3 is 1. The van der Waals surface area contributed by atoms with Gasteiger partial charge in [0.25, 0.3) is 0 Å². The molecule has 1 aromatic carbocycles. The molecule has 0 aliphatic heterocycles. The zero-order valence-electron chi connectivity index (χ0n) is 10.4. The highest BCUT2D eigenvalue weighted by atomic mass is 35.5. The Morgan fingerprint density at radius 3 is 2.78 bits per heavy atom. The zero-order chi connectivity index (χ0) is 13.1. The van der Waals surface area contributed by atoms with E-state index in [2.05, 4.69) is 4.90 Å². The Morgan fingerprint density at radius 1 is 1.56 bits per heavy atom. The summed E-state index contributed by atoms with van der Waals surface area (Å²) in [7, 11) is 1.71. The lowest BCUT2D eigenvalue weighted by Gasteiger charge is -2.25. The Morgan fingerprint density at radius 2 is 2.28 bits per heavy atom. The molecule has 1 aromatic rings. The number of nitrogens with zero attached hydrogens (tertiary/aromatic N) is 1. The van der Waals surface area contributed by atoms with Gasteiger partial charge in [0.1, 0.15) is 4.99 Å². The summed E-state index contributed by atoms with van der Waals surface area (Å²) in [5, 5.41) is 0.698. The number of hydrogen-bond donors (Lipinski definition) is 1. The molecule has 3 nitrogen and oxygen atoms in total. The van der Waals surface area contributed by atoms with Gasteiger partial charge >= 0.3 is 0 Å². The molecule has 0 unspecified atom stereocenters. The van der Waals surface area contributed by atoms with E-state index < -0.39 is 0 Å². The van der Waals surface area contributed by atoms with E-state index in [4.69, 9.17) is 34.3 Å². The minimum absolute atomic E-state index is 0.373. The summed E-state index contributed by atoms with van der Waals surface area (Å²) >= 11 is 11.3. The molecule has 0 aromatic heterocycles. The number of nitrogens with two attached hydrogens (primary N) is 1. The van der Waals surface area contributed by atoms with Crippen molar-refractivity contribution in [2.24, 2.45) is 5.73 Å². The van der Waals surface area contributed by atoms with Crippen molar-refractivity contribution in [3.8, 4) is 0 Å². The van der Waals surface area contributed by atoms with Crippen molar-refractivity contribution in [3.63, 3.8) is 0 Å². The minimum Gasteiger partial charge on any atom is -0.389 e. The second kappa shape index (κ2) is 5.87. The predicted octanol–water partition coefficient (Wildman–Crippen LogP) is 2.59. The van der Waals surface area contributed by atoms with Gasteiger partial charge in [-0.25, -0.2) is 0 Å². The largest absolute Gasteiger partial charge is 0.389 e. The lowest BCUT2D eigenvalue weighted by Crippen LogP contribution is -2.29. The Hall–Kier alpha value is -0.840. The maximum Gasteiger partial charge on any atom is 0.104 e. The van der Waals surface area contributed by atoms with Crippen LogP contribution in [0, 0.1) is 0 Å². The standard InChI is InChI=1S/C13H17ClN2OS/c1-17-7-6-16(10-3-4-10)12-5-2-9(13(15)18)8-11(12)14/h2,5,8,10H,3-4,6-7H2,1H3,(H2,15,18). The molecule has 0 heterocycles. The fourth-order valence-electron chi connectivity index (χ4n) is 1.97. The van der Waals surface area contributed by atoms with Gasteiger partial charge < -0.3 is 15.4 Å². The van der Waals surface area contributed by atoms with Crippen LogP contribution >= 0.6 is 23.8 Å². The highest BCUT2D eigenvalue weighted by Crippen LogP contribution is 2.35. The fraction of sp³-hybridized carbons (Fsp3) is 0.462. The van der Waals surface area contributed by atoms with Gasteiger partial charge in [-0.15, -0.1) is 0 Å². The van der Waals surface area contributed by atoms with E-state index in [-0.39, 0.29) is 0 Å². The van der Waals surface area contributed by atoms with Gasteiger partial charge in [0, 0.05) is 25.3 Å². The summed E-state index contributed by atoms with van der Waals surface area (Å²) in [6.07, 6.45) is 2.44. The molecule has 5 heteroatoms. The number of thiocarbonyl (C=S) groups is 1. The van der Waals surface area contributed by atoms with Gasteiger partial charge in [-0.3, -0.25) is 0 Å². The van der Waals surface area contributed by atoms with Crippen molar-refractivity contribution >= 4 is 34.5 Å². The molecule has 1 aliphatic rings.